The summed E-state index contributed by atoms with van der Waals surface area (Å²) in [5, 5.41) is 12.9. The number of fused-ring (bicyclic) bond motifs is 7. The Morgan fingerprint density at radius 3 is 2.17 bits per heavy atom. The molecule has 6 aliphatic rings. The van der Waals surface area contributed by atoms with Crippen LogP contribution in [0.2, 0.25) is 0 Å². The Labute approximate surface area is 278 Å². The van der Waals surface area contributed by atoms with Crippen molar-refractivity contribution in [3.63, 3.8) is 0 Å². The average molecular weight is 638 g/mol. The van der Waals surface area contributed by atoms with Gasteiger partial charge in [0, 0.05) is 17.9 Å². The minimum Gasteiger partial charge on any atom is -0.481 e. The third-order valence-corrected chi connectivity index (χ3v) is 16.1. The van der Waals surface area contributed by atoms with Crippen molar-refractivity contribution in [1.29, 1.82) is 0 Å². The van der Waals surface area contributed by atoms with Crippen LogP contribution in [0.25, 0.3) is 0 Å². The summed E-state index contributed by atoms with van der Waals surface area (Å²) in [5.41, 5.74) is 0.721. The Morgan fingerprint density at radius 1 is 0.848 bits per heavy atom. The molecule has 0 spiro atoms. The monoisotopic (exact) mass is 637 g/mol. The Balaban J connectivity index is 1.25. The number of carboxylic acid groups (broad SMARTS) is 1. The van der Waals surface area contributed by atoms with Gasteiger partial charge in [0.25, 0.3) is 0 Å². The van der Waals surface area contributed by atoms with Crippen molar-refractivity contribution in [3.05, 3.63) is 12.2 Å². The lowest BCUT2D eigenvalue weighted by Gasteiger charge is -2.73. The minimum atomic E-state index is -1.13. The summed E-state index contributed by atoms with van der Waals surface area (Å²) in [6.45, 7) is 22.5. The fraction of sp³-hybridized carbons (Fsp3) is 0.875. The van der Waals surface area contributed by atoms with Crippen molar-refractivity contribution in [3.8, 4) is 0 Å². The number of nitrogens with one attached hydrogen (secondary N) is 1. The fourth-order valence-corrected chi connectivity index (χ4v) is 13.2. The number of amides is 1. The molecule has 0 aromatic rings. The smallest absolute Gasteiger partial charge is 0.309 e. The van der Waals surface area contributed by atoms with E-state index in [1.165, 1.54) is 37.7 Å². The molecule has 46 heavy (non-hydrogen) atoms. The van der Waals surface area contributed by atoms with Crippen LogP contribution in [-0.4, -0.2) is 35.1 Å². The van der Waals surface area contributed by atoms with E-state index in [0.717, 1.165) is 44.9 Å². The van der Waals surface area contributed by atoms with Crippen molar-refractivity contribution >= 4 is 17.8 Å². The van der Waals surface area contributed by atoms with E-state index in [2.05, 4.69) is 53.4 Å². The molecule has 258 valence electrons. The number of hydrogen-bond acceptors (Lipinski definition) is 4. The van der Waals surface area contributed by atoms with E-state index in [1.54, 1.807) is 13.8 Å². The van der Waals surface area contributed by atoms with Gasteiger partial charge in [0.15, 0.2) is 0 Å². The molecule has 0 radical (unpaired) electrons. The average Bonchev–Trinajstić information content (AvgIpc) is 3.67. The van der Waals surface area contributed by atoms with E-state index in [4.69, 9.17) is 4.74 Å². The highest BCUT2D eigenvalue weighted by Gasteiger charge is 2.71. The molecule has 6 saturated carbocycles. The summed E-state index contributed by atoms with van der Waals surface area (Å²) in [5.74, 6) is 1.66. The number of allylic oxidation sites excluding steroid dienone is 1. The van der Waals surface area contributed by atoms with Gasteiger partial charge in [-0.05, 0) is 149 Å². The van der Waals surface area contributed by atoms with Gasteiger partial charge in [0.1, 0.15) is 6.10 Å². The Kier molecular flexibility index (Phi) is 8.20. The Hall–Kier alpha value is -1.85. The van der Waals surface area contributed by atoms with Crippen LogP contribution in [0.4, 0.5) is 0 Å². The number of aliphatic carboxylic acids is 1. The molecule has 0 bridgehead atoms. The number of hydrogen-bond donors (Lipinski definition) is 2. The van der Waals surface area contributed by atoms with Crippen LogP contribution in [0.15, 0.2) is 12.2 Å². The highest BCUT2D eigenvalue weighted by molar-refractivity contribution is 5.81. The molecule has 6 aliphatic carbocycles. The highest BCUT2D eigenvalue weighted by Crippen LogP contribution is 2.78. The SMILES string of the molecule is C=C(C)[C@@H]1CC[C@]2(CC(=O)NC3CC3)CC[C@]3(C)[C@H](CC[C@@H]4[C@@]5(C)CC[C@H](OC(=O)CC(C)(C)C(=O)O)C(C)(C)[C@@H]5CC[C@]43C)[C@@H]12. The van der Waals surface area contributed by atoms with Gasteiger partial charge in [0.2, 0.25) is 5.91 Å². The van der Waals surface area contributed by atoms with Crippen molar-refractivity contribution < 1.29 is 24.2 Å². The molecule has 1 amide bonds. The summed E-state index contributed by atoms with van der Waals surface area (Å²) in [6, 6.07) is 0.416. The number of carbonyl (C=O) groups is 3. The largest absolute Gasteiger partial charge is 0.481 e. The lowest BCUT2D eigenvalue weighted by molar-refractivity contribution is -0.250. The summed E-state index contributed by atoms with van der Waals surface area (Å²) in [4.78, 5) is 38.1. The van der Waals surface area contributed by atoms with Crippen molar-refractivity contribution in [2.45, 2.75) is 157 Å². The van der Waals surface area contributed by atoms with Crippen LogP contribution in [0.1, 0.15) is 145 Å². The Bertz CT molecular complexity index is 1280. The quantitative estimate of drug-likeness (QED) is 0.205. The molecule has 10 atom stereocenters. The van der Waals surface area contributed by atoms with E-state index in [-0.39, 0.29) is 51.5 Å². The van der Waals surface area contributed by atoms with E-state index in [0.29, 0.717) is 42.1 Å². The number of rotatable bonds is 8. The lowest BCUT2D eigenvalue weighted by atomic mass is 9.32. The first kappa shape index (κ1) is 34.0. The van der Waals surface area contributed by atoms with Gasteiger partial charge < -0.3 is 15.2 Å². The van der Waals surface area contributed by atoms with E-state index in [1.807, 2.05) is 0 Å². The van der Waals surface area contributed by atoms with Gasteiger partial charge in [-0.25, -0.2) is 0 Å². The highest BCUT2D eigenvalue weighted by atomic mass is 16.5. The molecule has 0 aromatic carbocycles. The van der Waals surface area contributed by atoms with Crippen LogP contribution in [-0.2, 0) is 19.1 Å². The van der Waals surface area contributed by atoms with Gasteiger partial charge in [-0.1, -0.05) is 46.8 Å². The topological polar surface area (TPSA) is 92.7 Å². The van der Waals surface area contributed by atoms with Gasteiger partial charge in [0.05, 0.1) is 11.8 Å². The molecule has 0 heterocycles. The predicted octanol–water partition coefficient (Wildman–Crippen LogP) is 8.73. The number of ether oxygens (including phenoxy) is 1. The van der Waals surface area contributed by atoms with Crippen molar-refractivity contribution in [2.75, 3.05) is 0 Å². The zero-order chi connectivity index (χ0) is 33.7. The van der Waals surface area contributed by atoms with Gasteiger partial charge in [-0.3, -0.25) is 14.4 Å². The molecule has 0 aliphatic heterocycles. The first-order valence-corrected chi connectivity index (χ1v) is 18.7. The van der Waals surface area contributed by atoms with Crippen LogP contribution in [0, 0.1) is 62.1 Å². The number of esters is 1. The van der Waals surface area contributed by atoms with Crippen LogP contribution in [0.3, 0.4) is 0 Å². The summed E-state index contributed by atoms with van der Waals surface area (Å²) in [7, 11) is 0. The standard InChI is InChI=1S/C40H63NO5/c1-24(2)26-14-19-40(22-31(42)41-25-10-11-25)21-20-38(8)27(33(26)40)12-13-29-37(7)17-16-30(46-32(43)23-35(3,4)34(44)45)36(5,6)28(37)15-18-39(29,38)9/h25-30,33H,1,10-23H2,2-9H3,(H,41,42)(H,44,45)/t26-,27+,28-,29+,30-,33+,37-,38+,39+,40+/m0/s1. The first-order valence-electron chi connectivity index (χ1n) is 18.7. The Morgan fingerprint density at radius 2 is 1.54 bits per heavy atom. The van der Waals surface area contributed by atoms with Crippen molar-refractivity contribution in [2.24, 2.45) is 62.1 Å². The normalized spacial score (nSPS) is 44.5. The third-order valence-electron chi connectivity index (χ3n) is 16.1. The molecule has 6 rings (SSSR count). The predicted molar refractivity (Wildman–Crippen MR) is 181 cm³/mol. The second kappa shape index (κ2) is 11.1. The maximum absolute atomic E-state index is 13.4. The number of carbonyl (C=O) groups excluding carboxylic acids is 2. The molecule has 0 saturated heterocycles. The van der Waals surface area contributed by atoms with Gasteiger partial charge >= 0.3 is 11.9 Å². The third kappa shape index (κ3) is 5.11. The van der Waals surface area contributed by atoms with Gasteiger partial charge in [-0.2, -0.15) is 0 Å². The van der Waals surface area contributed by atoms with Crippen LogP contribution < -0.4 is 5.32 Å². The van der Waals surface area contributed by atoms with Crippen LogP contribution in [0.5, 0.6) is 0 Å². The molecule has 2 N–H and O–H groups in total. The first-order chi connectivity index (χ1) is 21.3. The van der Waals surface area contributed by atoms with Crippen molar-refractivity contribution in [1.82, 2.24) is 5.32 Å². The maximum atomic E-state index is 13.4. The molecule has 6 nitrogen and oxygen atoms in total. The molecule has 6 fully saturated rings. The van der Waals surface area contributed by atoms with E-state index in [9.17, 15) is 19.5 Å². The molecular formula is C40H63NO5. The zero-order valence-electron chi connectivity index (χ0n) is 30.2. The molecule has 0 unspecified atom stereocenters. The van der Waals surface area contributed by atoms with E-state index < -0.39 is 11.4 Å². The zero-order valence-corrected chi connectivity index (χ0v) is 30.2. The fourth-order valence-electron chi connectivity index (χ4n) is 13.2. The molecule has 0 aromatic heterocycles. The lowest BCUT2D eigenvalue weighted by Crippen LogP contribution is -2.67. The van der Waals surface area contributed by atoms with Crippen LogP contribution >= 0.6 is 0 Å². The second-order valence-electron chi connectivity index (χ2n) is 19.3. The number of carboxylic acids is 1. The summed E-state index contributed by atoms with van der Waals surface area (Å²) in [6.07, 6.45) is 14.1. The minimum absolute atomic E-state index is 0.104. The summed E-state index contributed by atoms with van der Waals surface area (Å²) < 4.78 is 6.16. The summed E-state index contributed by atoms with van der Waals surface area (Å²) >= 11 is 0. The second-order valence-corrected chi connectivity index (χ2v) is 19.3. The molecular weight excluding hydrogens is 574 g/mol. The molecule has 6 heteroatoms. The van der Waals surface area contributed by atoms with Gasteiger partial charge in [-0.15, -0.1) is 0 Å². The maximum Gasteiger partial charge on any atom is 0.309 e. The van der Waals surface area contributed by atoms with E-state index >= 15 is 0 Å².